The van der Waals surface area contributed by atoms with E-state index in [9.17, 15) is 9.59 Å². The second-order valence-corrected chi connectivity index (χ2v) is 7.93. The summed E-state index contributed by atoms with van der Waals surface area (Å²) in [5.74, 6) is 0.0517. The standard InChI is InChI=1S/C22H23Cl2N3O3/c23-16-8-11-19(20(24)12-16)22(29)27-25-13-15-6-9-18(10-7-15)30-14-21(28)26-17-4-2-1-3-5-17/h6-13,17H,1-5,14H2,(H,26,28)(H,27,29)/b25-13+. The van der Waals surface area contributed by atoms with Gasteiger partial charge < -0.3 is 10.1 Å². The lowest BCUT2D eigenvalue weighted by atomic mass is 9.95. The maximum atomic E-state index is 12.1. The lowest BCUT2D eigenvalue weighted by Crippen LogP contribution is -2.38. The Morgan fingerprint density at radius 2 is 1.80 bits per heavy atom. The SMILES string of the molecule is O=C(COc1ccc(/C=N/NC(=O)c2ccc(Cl)cc2Cl)cc1)NC1CCCCC1. The van der Waals surface area contributed by atoms with Gasteiger partial charge in [-0.15, -0.1) is 0 Å². The Bertz CT molecular complexity index is 910. The molecule has 2 amide bonds. The van der Waals surface area contributed by atoms with Crippen LogP contribution >= 0.6 is 23.2 Å². The summed E-state index contributed by atoms with van der Waals surface area (Å²) in [6, 6.07) is 11.9. The second-order valence-electron chi connectivity index (χ2n) is 7.08. The molecule has 6 nitrogen and oxygen atoms in total. The molecule has 2 aromatic carbocycles. The minimum atomic E-state index is -0.433. The van der Waals surface area contributed by atoms with Crippen molar-refractivity contribution in [3.8, 4) is 5.75 Å². The van der Waals surface area contributed by atoms with Gasteiger partial charge in [-0.1, -0.05) is 42.5 Å². The van der Waals surface area contributed by atoms with Crippen LogP contribution < -0.4 is 15.5 Å². The van der Waals surface area contributed by atoms with Crippen molar-refractivity contribution < 1.29 is 14.3 Å². The molecule has 158 valence electrons. The van der Waals surface area contributed by atoms with Crippen LogP contribution in [-0.2, 0) is 4.79 Å². The van der Waals surface area contributed by atoms with Crippen LogP contribution in [0.2, 0.25) is 10.0 Å². The van der Waals surface area contributed by atoms with Gasteiger partial charge in [0.15, 0.2) is 6.61 Å². The number of benzene rings is 2. The smallest absolute Gasteiger partial charge is 0.272 e. The molecular weight excluding hydrogens is 425 g/mol. The number of nitrogens with zero attached hydrogens (tertiary/aromatic N) is 1. The van der Waals surface area contributed by atoms with Crippen molar-refractivity contribution in [3.63, 3.8) is 0 Å². The molecule has 2 aromatic rings. The van der Waals surface area contributed by atoms with Crippen molar-refractivity contribution in [2.24, 2.45) is 5.10 Å². The first-order chi connectivity index (χ1) is 14.5. The van der Waals surface area contributed by atoms with Gasteiger partial charge in [-0.05, 0) is 60.9 Å². The van der Waals surface area contributed by atoms with Crippen molar-refractivity contribution in [3.05, 3.63) is 63.6 Å². The van der Waals surface area contributed by atoms with Crippen LogP contribution in [0.3, 0.4) is 0 Å². The predicted octanol–water partition coefficient (Wildman–Crippen LogP) is 4.59. The molecule has 1 aliphatic rings. The molecule has 0 aromatic heterocycles. The molecule has 8 heteroatoms. The first-order valence-electron chi connectivity index (χ1n) is 9.82. The van der Waals surface area contributed by atoms with Gasteiger partial charge in [-0.25, -0.2) is 5.43 Å². The largest absolute Gasteiger partial charge is 0.484 e. The quantitative estimate of drug-likeness (QED) is 0.481. The lowest BCUT2D eigenvalue weighted by molar-refractivity contribution is -0.124. The van der Waals surface area contributed by atoms with Gasteiger partial charge in [0.2, 0.25) is 0 Å². The number of amides is 2. The van der Waals surface area contributed by atoms with Crippen LogP contribution in [0.25, 0.3) is 0 Å². The highest BCUT2D eigenvalue weighted by Gasteiger charge is 2.15. The average Bonchev–Trinajstić information content (AvgIpc) is 2.74. The summed E-state index contributed by atoms with van der Waals surface area (Å²) in [5, 5.41) is 7.65. The highest BCUT2D eigenvalue weighted by Crippen LogP contribution is 2.21. The number of ether oxygens (including phenoxy) is 1. The number of carbonyl (C=O) groups is 2. The monoisotopic (exact) mass is 447 g/mol. The Labute approximate surface area is 185 Å². The predicted molar refractivity (Wildman–Crippen MR) is 118 cm³/mol. The summed E-state index contributed by atoms with van der Waals surface area (Å²) < 4.78 is 5.54. The highest BCUT2D eigenvalue weighted by molar-refractivity contribution is 6.36. The summed E-state index contributed by atoms with van der Waals surface area (Å²) in [7, 11) is 0. The van der Waals surface area contributed by atoms with E-state index < -0.39 is 5.91 Å². The molecule has 0 spiro atoms. The molecule has 2 N–H and O–H groups in total. The van der Waals surface area contributed by atoms with Crippen molar-refractivity contribution in [1.29, 1.82) is 0 Å². The fourth-order valence-electron chi connectivity index (χ4n) is 3.21. The minimum absolute atomic E-state index is 0.0121. The third-order valence-corrected chi connectivity index (χ3v) is 5.32. The van der Waals surface area contributed by atoms with E-state index in [-0.39, 0.29) is 29.1 Å². The fourth-order valence-corrected chi connectivity index (χ4v) is 3.71. The first kappa shape index (κ1) is 22.1. The Morgan fingerprint density at radius 3 is 2.50 bits per heavy atom. The van der Waals surface area contributed by atoms with E-state index in [1.165, 1.54) is 37.6 Å². The van der Waals surface area contributed by atoms with Gasteiger partial charge in [0.1, 0.15) is 5.75 Å². The Hall–Kier alpha value is -2.57. The number of rotatable bonds is 7. The number of halogens is 2. The molecular formula is C22H23Cl2N3O3. The van der Waals surface area contributed by atoms with Crippen LogP contribution in [0.15, 0.2) is 47.6 Å². The second kappa shape index (κ2) is 11.0. The van der Waals surface area contributed by atoms with Gasteiger partial charge in [0.25, 0.3) is 11.8 Å². The van der Waals surface area contributed by atoms with Crippen LogP contribution in [0.1, 0.15) is 48.0 Å². The highest BCUT2D eigenvalue weighted by atomic mass is 35.5. The van der Waals surface area contributed by atoms with Gasteiger partial charge in [0.05, 0.1) is 16.8 Å². The van der Waals surface area contributed by atoms with Crippen molar-refractivity contribution in [2.75, 3.05) is 6.61 Å². The maximum Gasteiger partial charge on any atom is 0.272 e. The molecule has 1 fully saturated rings. The zero-order valence-electron chi connectivity index (χ0n) is 16.4. The summed E-state index contributed by atoms with van der Waals surface area (Å²) in [5.41, 5.74) is 3.47. The van der Waals surface area contributed by atoms with Crippen molar-refractivity contribution in [2.45, 2.75) is 38.1 Å². The molecule has 30 heavy (non-hydrogen) atoms. The summed E-state index contributed by atoms with van der Waals surface area (Å²) in [4.78, 5) is 24.1. The summed E-state index contributed by atoms with van der Waals surface area (Å²) in [6.07, 6.45) is 7.17. The van der Waals surface area contributed by atoms with Crippen molar-refractivity contribution in [1.82, 2.24) is 10.7 Å². The number of carbonyl (C=O) groups excluding carboxylic acids is 2. The average molecular weight is 448 g/mol. The molecule has 0 saturated heterocycles. The molecule has 0 aliphatic heterocycles. The molecule has 3 rings (SSSR count). The van der Waals surface area contributed by atoms with Crippen molar-refractivity contribution >= 4 is 41.2 Å². The lowest BCUT2D eigenvalue weighted by Gasteiger charge is -2.22. The molecule has 0 bridgehead atoms. The van der Waals surface area contributed by atoms with E-state index in [4.69, 9.17) is 27.9 Å². The van der Waals surface area contributed by atoms with E-state index in [1.807, 2.05) is 0 Å². The third-order valence-electron chi connectivity index (χ3n) is 4.78. The number of hydrazone groups is 1. The van der Waals surface area contributed by atoms with Crippen LogP contribution in [0.4, 0.5) is 0 Å². The van der Waals surface area contributed by atoms with Crippen LogP contribution in [0, 0.1) is 0 Å². The van der Waals surface area contributed by atoms with Crippen LogP contribution in [-0.4, -0.2) is 30.7 Å². The zero-order chi connectivity index (χ0) is 21.3. The van der Waals surface area contributed by atoms with Gasteiger partial charge >= 0.3 is 0 Å². The molecule has 1 aliphatic carbocycles. The Morgan fingerprint density at radius 1 is 1.07 bits per heavy atom. The summed E-state index contributed by atoms with van der Waals surface area (Å²) >= 11 is 11.8. The van der Waals surface area contributed by atoms with Gasteiger partial charge in [0, 0.05) is 11.1 Å². The Balaban J connectivity index is 1.44. The van der Waals surface area contributed by atoms with E-state index in [0.717, 1.165) is 18.4 Å². The fraction of sp³-hybridized carbons (Fsp3) is 0.318. The van der Waals surface area contributed by atoms with Gasteiger partial charge in [-0.2, -0.15) is 5.10 Å². The number of hydrogen-bond acceptors (Lipinski definition) is 4. The topological polar surface area (TPSA) is 79.8 Å². The molecule has 1 saturated carbocycles. The minimum Gasteiger partial charge on any atom is -0.484 e. The number of hydrogen-bond donors (Lipinski definition) is 2. The van der Waals surface area contributed by atoms with E-state index in [0.29, 0.717) is 10.8 Å². The molecule has 0 radical (unpaired) electrons. The molecule has 0 unspecified atom stereocenters. The molecule has 0 heterocycles. The van der Waals surface area contributed by atoms with E-state index >= 15 is 0 Å². The first-order valence-corrected chi connectivity index (χ1v) is 10.6. The van der Waals surface area contributed by atoms with E-state index in [2.05, 4.69) is 15.8 Å². The normalized spacial score (nSPS) is 14.5. The zero-order valence-corrected chi connectivity index (χ0v) is 17.9. The maximum absolute atomic E-state index is 12.1. The Kier molecular flexibility index (Phi) is 8.11. The van der Waals surface area contributed by atoms with Gasteiger partial charge in [-0.3, -0.25) is 9.59 Å². The number of nitrogens with one attached hydrogen (secondary N) is 2. The van der Waals surface area contributed by atoms with Crippen LogP contribution in [0.5, 0.6) is 5.75 Å². The summed E-state index contributed by atoms with van der Waals surface area (Å²) in [6.45, 7) is -0.0121. The molecule has 0 atom stereocenters. The third kappa shape index (κ3) is 6.75. The van der Waals surface area contributed by atoms with E-state index in [1.54, 1.807) is 30.3 Å².